The summed E-state index contributed by atoms with van der Waals surface area (Å²) in [6.07, 6.45) is -0.266. The molecular weight excluding hydrogens is 546 g/mol. The van der Waals surface area contributed by atoms with Crippen molar-refractivity contribution in [1.29, 1.82) is 0 Å². The number of carbonyl (C=O) groups excluding carboxylic acids is 2. The molecule has 1 aromatic carbocycles. The average molecular weight is 592 g/mol. The third-order valence-corrected chi connectivity index (χ3v) is 5.42. The van der Waals surface area contributed by atoms with Gasteiger partial charge in [-0.1, -0.05) is 12.1 Å². The van der Waals surface area contributed by atoms with E-state index < -0.39 is 22.9 Å². The third kappa shape index (κ3) is 18.6. The zero-order chi connectivity index (χ0) is 30.6. The number of rotatable bonds is 23. The second-order valence-electron chi connectivity index (χ2n) is 9.56. The van der Waals surface area contributed by atoms with E-state index in [1.165, 1.54) is 0 Å². The maximum absolute atomic E-state index is 12.9. The predicted octanol–water partition coefficient (Wildman–Crippen LogP) is 2.74. The fourth-order valence-electron chi connectivity index (χ4n) is 3.47. The Kier molecular flexibility index (Phi) is 19.0. The zero-order valence-electron chi connectivity index (χ0n) is 24.2. The summed E-state index contributed by atoms with van der Waals surface area (Å²) >= 11 is 0. The van der Waals surface area contributed by atoms with Crippen molar-refractivity contribution in [3.8, 4) is 5.75 Å². The molecule has 0 spiro atoms. The first-order chi connectivity index (χ1) is 19.5. The van der Waals surface area contributed by atoms with Gasteiger partial charge in [-0.2, -0.15) is 0 Å². The fraction of sp³-hybridized carbons (Fsp3) is 0.692. The lowest BCUT2D eigenvalue weighted by Gasteiger charge is -2.31. The summed E-state index contributed by atoms with van der Waals surface area (Å²) in [4.78, 5) is 35.8. The summed E-state index contributed by atoms with van der Waals surface area (Å²) in [5.41, 5.74) is 0.947. The highest BCUT2D eigenvalue weighted by Gasteiger charge is 2.25. The molecule has 1 atom stereocenters. The van der Waals surface area contributed by atoms with Gasteiger partial charge in [-0.25, -0.2) is 0 Å². The third-order valence-electron chi connectivity index (χ3n) is 5.42. The summed E-state index contributed by atoms with van der Waals surface area (Å²) in [5, 5.41) is 33.6. The van der Waals surface area contributed by atoms with Crippen molar-refractivity contribution in [1.82, 2.24) is 15.7 Å². The molecule has 0 fully saturated rings. The molecule has 1 unspecified atom stereocenters. The molecule has 0 bridgehead atoms. The van der Waals surface area contributed by atoms with E-state index in [0.29, 0.717) is 25.6 Å². The van der Waals surface area contributed by atoms with Gasteiger partial charge in [0.15, 0.2) is 6.10 Å². The number of esters is 1. The minimum Gasteiger partial charge on any atom is -0.490 e. The van der Waals surface area contributed by atoms with Gasteiger partial charge in [-0.15, -0.1) is 0 Å². The molecule has 1 aromatic rings. The molecule has 0 radical (unpaired) electrons. The highest BCUT2D eigenvalue weighted by Crippen LogP contribution is 2.15. The number of ether oxygens (including phenoxy) is 4. The Morgan fingerprint density at radius 1 is 0.829 bits per heavy atom. The normalized spacial score (nSPS) is 12.4. The second-order valence-corrected chi connectivity index (χ2v) is 9.56. The molecule has 0 aliphatic rings. The lowest BCUT2D eigenvalue weighted by atomic mass is 10.2. The van der Waals surface area contributed by atoms with Crippen LogP contribution in [0.4, 0.5) is 0 Å². The topological polar surface area (TPSA) is 180 Å². The smallest absolute Gasteiger partial charge is 0.306 e. The fourth-order valence-corrected chi connectivity index (χ4v) is 3.47. The SMILES string of the molecule is CC(C)OCCOCc1ccc(OCC(CN(C(=O)CCCON(O)O)C(C)C)OC(=O)CCCON(O)O)cc1. The number of nitrogens with zero attached hydrogens (tertiary/aromatic N) is 3. The first-order valence-corrected chi connectivity index (χ1v) is 13.5. The first kappa shape index (κ1) is 36.6. The lowest BCUT2D eigenvalue weighted by Crippen LogP contribution is -2.45. The number of carbonyl (C=O) groups is 2. The standard InChI is InChI=1S/C26H45N3O12/c1-20(2)27(25(30)7-5-13-39-28(32)33)17-24(41-26(31)8-6-14-40-29(34)35)19-38-23-11-9-22(10-12-23)18-36-15-16-37-21(3)4/h9-12,20-21,24,32-35H,5-8,13-19H2,1-4H3. The van der Waals surface area contributed by atoms with Crippen molar-refractivity contribution in [3.63, 3.8) is 0 Å². The Morgan fingerprint density at radius 2 is 1.44 bits per heavy atom. The number of amides is 1. The molecule has 0 saturated heterocycles. The molecule has 15 heteroatoms. The Morgan fingerprint density at radius 3 is 2.00 bits per heavy atom. The van der Waals surface area contributed by atoms with Gasteiger partial charge in [-0.3, -0.25) is 40.1 Å². The van der Waals surface area contributed by atoms with Crippen LogP contribution in [0.15, 0.2) is 24.3 Å². The first-order valence-electron chi connectivity index (χ1n) is 13.5. The summed E-state index contributed by atoms with van der Waals surface area (Å²) in [7, 11) is 0. The minimum absolute atomic E-state index is 0.0325. The van der Waals surface area contributed by atoms with Crippen LogP contribution in [-0.2, 0) is 40.1 Å². The largest absolute Gasteiger partial charge is 0.490 e. The maximum atomic E-state index is 12.9. The predicted molar refractivity (Wildman–Crippen MR) is 141 cm³/mol. The van der Waals surface area contributed by atoms with Crippen LogP contribution in [-0.4, -0.2) is 106 Å². The van der Waals surface area contributed by atoms with Gasteiger partial charge in [-0.05, 0) is 58.2 Å². The van der Waals surface area contributed by atoms with Crippen molar-refractivity contribution >= 4 is 11.9 Å². The van der Waals surface area contributed by atoms with Gasteiger partial charge in [0.1, 0.15) is 12.4 Å². The molecule has 236 valence electrons. The molecule has 41 heavy (non-hydrogen) atoms. The number of benzene rings is 1. The van der Waals surface area contributed by atoms with Crippen LogP contribution in [0.5, 0.6) is 5.75 Å². The van der Waals surface area contributed by atoms with Crippen LogP contribution in [0.3, 0.4) is 0 Å². The molecule has 0 aromatic heterocycles. The summed E-state index contributed by atoms with van der Waals surface area (Å²) in [5.74, 6) is -0.279. The van der Waals surface area contributed by atoms with Crippen molar-refractivity contribution in [2.45, 2.75) is 78.2 Å². The molecule has 4 N–H and O–H groups in total. The number of hydrogen-bond acceptors (Lipinski definition) is 14. The molecule has 1 rings (SSSR count). The monoisotopic (exact) mass is 591 g/mol. The molecule has 1 amide bonds. The van der Waals surface area contributed by atoms with Crippen molar-refractivity contribution in [2.75, 3.05) is 39.6 Å². The van der Waals surface area contributed by atoms with Crippen LogP contribution in [0.1, 0.15) is 58.9 Å². The van der Waals surface area contributed by atoms with Gasteiger partial charge in [0.2, 0.25) is 5.91 Å². The van der Waals surface area contributed by atoms with E-state index in [1.807, 2.05) is 39.8 Å². The van der Waals surface area contributed by atoms with Crippen LogP contribution in [0.2, 0.25) is 0 Å². The highest BCUT2D eigenvalue weighted by molar-refractivity contribution is 5.76. The van der Waals surface area contributed by atoms with Gasteiger partial charge in [0.05, 0.1) is 56.5 Å². The van der Waals surface area contributed by atoms with Crippen LogP contribution in [0, 0.1) is 0 Å². The lowest BCUT2D eigenvalue weighted by molar-refractivity contribution is -0.492. The second kappa shape index (κ2) is 21.3. The van der Waals surface area contributed by atoms with Crippen LogP contribution in [0.25, 0.3) is 0 Å². The van der Waals surface area contributed by atoms with Crippen LogP contribution < -0.4 is 4.74 Å². The van der Waals surface area contributed by atoms with Gasteiger partial charge in [0, 0.05) is 18.9 Å². The van der Waals surface area contributed by atoms with E-state index >= 15 is 0 Å². The Bertz CT molecular complexity index is 840. The summed E-state index contributed by atoms with van der Waals surface area (Å²) in [6.45, 7) is 8.79. The van der Waals surface area contributed by atoms with Crippen molar-refractivity contribution < 1.29 is 59.0 Å². The van der Waals surface area contributed by atoms with Crippen LogP contribution >= 0.6 is 0 Å². The molecule has 0 aliphatic heterocycles. The molecule has 0 aliphatic carbocycles. The van der Waals surface area contributed by atoms with E-state index in [9.17, 15) is 9.59 Å². The quantitative estimate of drug-likeness (QED) is 0.0828. The Hall–Kier alpha value is -2.44. The van der Waals surface area contributed by atoms with Crippen molar-refractivity contribution in [3.05, 3.63) is 29.8 Å². The highest BCUT2D eigenvalue weighted by atomic mass is 17.1. The Labute approximate surface area is 240 Å². The van der Waals surface area contributed by atoms with Gasteiger partial charge < -0.3 is 23.8 Å². The van der Waals surface area contributed by atoms with E-state index in [2.05, 4.69) is 9.68 Å². The minimum atomic E-state index is -0.812. The molecule has 0 saturated carbocycles. The average Bonchev–Trinajstić information content (AvgIpc) is 2.90. The number of hydrogen-bond donors (Lipinski definition) is 4. The van der Waals surface area contributed by atoms with E-state index in [4.69, 9.17) is 39.8 Å². The van der Waals surface area contributed by atoms with E-state index in [0.717, 1.165) is 5.56 Å². The van der Waals surface area contributed by atoms with Gasteiger partial charge >= 0.3 is 5.97 Å². The van der Waals surface area contributed by atoms with E-state index in [1.54, 1.807) is 17.0 Å². The van der Waals surface area contributed by atoms with Crippen molar-refractivity contribution in [2.24, 2.45) is 0 Å². The molecule has 15 nitrogen and oxygen atoms in total. The molecule has 0 heterocycles. The summed E-state index contributed by atoms with van der Waals surface area (Å²) < 4.78 is 22.5. The van der Waals surface area contributed by atoms with E-state index in [-0.39, 0.29) is 70.1 Å². The van der Waals surface area contributed by atoms with Gasteiger partial charge in [0.25, 0.3) is 0 Å². The summed E-state index contributed by atoms with van der Waals surface area (Å²) in [6, 6.07) is 7.03. The zero-order valence-corrected chi connectivity index (χ0v) is 24.2. The maximum Gasteiger partial charge on any atom is 0.306 e. The Balaban J connectivity index is 2.75. The molecular formula is C26H45N3O12.